The number of anilines is 1. The smallest absolute Gasteiger partial charge is 0.412 e. The molecule has 4 heteroatoms. The quantitative estimate of drug-likeness (QED) is 0.796. The molecule has 0 radical (unpaired) electrons. The summed E-state index contributed by atoms with van der Waals surface area (Å²) in [7, 11) is 1.31. The monoisotopic (exact) mass is 266 g/mol. The lowest BCUT2D eigenvalue weighted by molar-refractivity contribution is 0.187. The highest BCUT2D eigenvalue weighted by atomic mass is 16.5. The van der Waals surface area contributed by atoms with Crippen molar-refractivity contribution in [3.05, 3.63) is 23.9 Å². The molecule has 1 N–H and O–H groups in total. The predicted molar refractivity (Wildman–Crippen MR) is 79.4 cm³/mol. The number of carbonyl (C=O) groups is 1. The number of nitrogens with zero attached hydrogens (tertiary/aromatic N) is 1. The van der Waals surface area contributed by atoms with Crippen molar-refractivity contribution in [3.63, 3.8) is 0 Å². The Kier molecular flexibility index (Phi) is 10.6. The Morgan fingerprint density at radius 1 is 1.21 bits per heavy atom. The molecule has 0 aromatic carbocycles. The third-order valence-electron chi connectivity index (χ3n) is 2.53. The van der Waals surface area contributed by atoms with Crippen LogP contribution in [-0.2, 0) is 4.74 Å². The number of hydrogen-bond donors (Lipinski definition) is 1. The Morgan fingerprint density at radius 3 is 2.26 bits per heavy atom. The number of rotatable bonds is 5. The van der Waals surface area contributed by atoms with Crippen LogP contribution in [0.15, 0.2) is 18.3 Å². The van der Waals surface area contributed by atoms with Gasteiger partial charge >= 0.3 is 6.09 Å². The summed E-state index contributed by atoms with van der Waals surface area (Å²) in [5, 5.41) is 2.45. The highest BCUT2D eigenvalue weighted by molar-refractivity contribution is 5.83. The lowest BCUT2D eigenvalue weighted by Crippen LogP contribution is -2.11. The maximum atomic E-state index is 10.7. The summed E-state index contributed by atoms with van der Waals surface area (Å²) in [6.07, 6.45) is 8.17. The summed E-state index contributed by atoms with van der Waals surface area (Å²) in [6.45, 7) is 6.42. The standard InChI is InChI=1S/C8H10N2O2.C7H16/c1-6-3-4-7(9-5-6)10-8(11)12-2;1-3-5-7-6-4-2/h3-5H,1-2H3,(H,9,10,11);3-7H2,1-2H3. The zero-order valence-electron chi connectivity index (χ0n) is 12.5. The third kappa shape index (κ3) is 10.1. The number of aromatic nitrogens is 1. The lowest BCUT2D eigenvalue weighted by atomic mass is 10.2. The van der Waals surface area contributed by atoms with Gasteiger partial charge in [-0.05, 0) is 18.6 Å². The van der Waals surface area contributed by atoms with Gasteiger partial charge in [0.1, 0.15) is 5.82 Å². The first-order valence-electron chi connectivity index (χ1n) is 6.91. The van der Waals surface area contributed by atoms with Crippen LogP contribution in [0.5, 0.6) is 0 Å². The second-order valence-electron chi connectivity index (χ2n) is 4.40. The molecule has 1 rings (SSSR count). The molecule has 0 aliphatic rings. The maximum Gasteiger partial charge on any atom is 0.412 e. The normalized spacial score (nSPS) is 9.26. The van der Waals surface area contributed by atoms with E-state index in [1.165, 1.54) is 39.2 Å². The zero-order chi connectivity index (χ0) is 14.5. The molecule has 0 fully saturated rings. The number of pyridine rings is 1. The van der Waals surface area contributed by atoms with Crippen molar-refractivity contribution in [2.45, 2.75) is 52.9 Å². The summed E-state index contributed by atoms with van der Waals surface area (Å²) < 4.78 is 4.39. The largest absolute Gasteiger partial charge is 0.453 e. The first-order chi connectivity index (χ1) is 9.13. The minimum atomic E-state index is -0.508. The summed E-state index contributed by atoms with van der Waals surface area (Å²) in [5.74, 6) is 0.493. The van der Waals surface area contributed by atoms with Crippen LogP contribution in [0, 0.1) is 6.92 Å². The number of nitrogens with one attached hydrogen (secondary N) is 1. The van der Waals surface area contributed by atoms with Gasteiger partial charge in [0.2, 0.25) is 0 Å². The van der Waals surface area contributed by atoms with Crippen molar-refractivity contribution < 1.29 is 9.53 Å². The van der Waals surface area contributed by atoms with Crippen LogP contribution >= 0.6 is 0 Å². The van der Waals surface area contributed by atoms with Crippen LogP contribution < -0.4 is 5.32 Å². The first kappa shape index (κ1) is 17.4. The van der Waals surface area contributed by atoms with Crippen LogP contribution in [0.4, 0.5) is 10.6 Å². The van der Waals surface area contributed by atoms with Crippen molar-refractivity contribution in [3.8, 4) is 0 Å². The zero-order valence-corrected chi connectivity index (χ0v) is 12.5. The molecule has 19 heavy (non-hydrogen) atoms. The number of ether oxygens (including phenoxy) is 1. The van der Waals surface area contributed by atoms with E-state index in [0.29, 0.717) is 5.82 Å². The van der Waals surface area contributed by atoms with E-state index >= 15 is 0 Å². The SMILES string of the molecule is CCCCCCC.COC(=O)Nc1ccc(C)cn1. The maximum absolute atomic E-state index is 10.7. The van der Waals surface area contributed by atoms with Crippen molar-refractivity contribution in [2.24, 2.45) is 0 Å². The molecular weight excluding hydrogens is 240 g/mol. The molecule has 1 amide bonds. The second kappa shape index (κ2) is 11.5. The number of carbonyl (C=O) groups excluding carboxylic acids is 1. The van der Waals surface area contributed by atoms with Gasteiger partial charge in [0, 0.05) is 6.20 Å². The fraction of sp³-hybridized carbons (Fsp3) is 0.600. The average molecular weight is 266 g/mol. The van der Waals surface area contributed by atoms with E-state index in [4.69, 9.17) is 0 Å². The molecular formula is C15H26N2O2. The number of methoxy groups -OCH3 is 1. The first-order valence-corrected chi connectivity index (χ1v) is 6.91. The van der Waals surface area contributed by atoms with Crippen LogP contribution in [0.3, 0.4) is 0 Å². The fourth-order valence-corrected chi connectivity index (χ4v) is 1.37. The molecule has 1 aromatic rings. The molecule has 0 saturated heterocycles. The van der Waals surface area contributed by atoms with Crippen molar-refractivity contribution >= 4 is 11.9 Å². The van der Waals surface area contributed by atoms with Crippen LogP contribution in [0.1, 0.15) is 51.5 Å². The molecule has 0 aliphatic carbocycles. The topological polar surface area (TPSA) is 51.2 Å². The van der Waals surface area contributed by atoms with Crippen molar-refractivity contribution in [1.29, 1.82) is 0 Å². The highest BCUT2D eigenvalue weighted by Gasteiger charge is 1.99. The lowest BCUT2D eigenvalue weighted by Gasteiger charge is -2.01. The van der Waals surface area contributed by atoms with E-state index in [2.05, 4.69) is 28.9 Å². The van der Waals surface area contributed by atoms with E-state index in [-0.39, 0.29) is 0 Å². The number of amides is 1. The van der Waals surface area contributed by atoms with E-state index in [1.807, 2.05) is 13.0 Å². The van der Waals surface area contributed by atoms with Gasteiger partial charge in [-0.25, -0.2) is 9.78 Å². The molecule has 0 bridgehead atoms. The van der Waals surface area contributed by atoms with E-state index in [0.717, 1.165) is 5.56 Å². The van der Waals surface area contributed by atoms with Gasteiger partial charge in [0.05, 0.1) is 7.11 Å². The Bertz CT molecular complexity index is 333. The predicted octanol–water partition coefficient (Wildman–Crippen LogP) is 4.55. The Morgan fingerprint density at radius 2 is 1.84 bits per heavy atom. The summed E-state index contributed by atoms with van der Waals surface area (Å²) in [4.78, 5) is 14.6. The Hall–Kier alpha value is -1.58. The fourth-order valence-electron chi connectivity index (χ4n) is 1.37. The average Bonchev–Trinajstić information content (AvgIpc) is 2.42. The minimum Gasteiger partial charge on any atom is -0.453 e. The number of hydrogen-bond acceptors (Lipinski definition) is 3. The highest BCUT2D eigenvalue weighted by Crippen LogP contribution is 2.03. The Labute approximate surface area is 116 Å². The van der Waals surface area contributed by atoms with Gasteiger partial charge in [-0.3, -0.25) is 5.32 Å². The molecule has 0 unspecified atom stereocenters. The van der Waals surface area contributed by atoms with Gasteiger partial charge in [-0.15, -0.1) is 0 Å². The molecule has 1 heterocycles. The molecule has 0 saturated carbocycles. The van der Waals surface area contributed by atoms with Gasteiger partial charge < -0.3 is 4.74 Å². The van der Waals surface area contributed by atoms with Gasteiger partial charge in [0.25, 0.3) is 0 Å². The number of aryl methyl sites for hydroxylation is 1. The van der Waals surface area contributed by atoms with E-state index < -0.39 is 6.09 Å². The molecule has 0 aliphatic heterocycles. The van der Waals surface area contributed by atoms with Crippen molar-refractivity contribution in [2.75, 3.05) is 12.4 Å². The van der Waals surface area contributed by atoms with Crippen LogP contribution in [-0.4, -0.2) is 18.2 Å². The molecule has 1 aromatic heterocycles. The third-order valence-corrected chi connectivity index (χ3v) is 2.53. The minimum absolute atomic E-state index is 0.493. The van der Waals surface area contributed by atoms with E-state index in [9.17, 15) is 4.79 Å². The van der Waals surface area contributed by atoms with Gasteiger partial charge in [-0.2, -0.15) is 0 Å². The summed E-state index contributed by atoms with van der Waals surface area (Å²) in [5.41, 5.74) is 1.05. The summed E-state index contributed by atoms with van der Waals surface area (Å²) >= 11 is 0. The van der Waals surface area contributed by atoms with Crippen LogP contribution in [0.25, 0.3) is 0 Å². The van der Waals surface area contributed by atoms with Gasteiger partial charge in [0.15, 0.2) is 0 Å². The molecule has 0 atom stereocenters. The van der Waals surface area contributed by atoms with Crippen molar-refractivity contribution in [1.82, 2.24) is 4.98 Å². The Balaban J connectivity index is 0.000000399. The van der Waals surface area contributed by atoms with E-state index in [1.54, 1.807) is 12.3 Å². The summed E-state index contributed by atoms with van der Waals surface area (Å²) in [6, 6.07) is 3.57. The molecule has 4 nitrogen and oxygen atoms in total. The molecule has 0 spiro atoms. The van der Waals surface area contributed by atoms with Gasteiger partial charge in [-0.1, -0.05) is 52.0 Å². The number of unbranched alkanes of at least 4 members (excludes halogenated alkanes) is 4. The molecule has 108 valence electrons. The second-order valence-corrected chi connectivity index (χ2v) is 4.40. The van der Waals surface area contributed by atoms with Crippen LogP contribution in [0.2, 0.25) is 0 Å².